The number of halogens is 1. The standard InChI is InChI=1S/C38H36IN3O7S/c1-5-8-19-28(6-2)42-37(46)29(20-25-21-30(39)35(31(22-25)48-7-3)49-23-33(44)47-4)36(45)41-38(42)50-24-32(43)40-34(26-15-11-9-12-16-26)27-17-13-10-14-18-27/h5-6,8-22,34H,1,7,23-24H2,2-4H3,(H,40,43)/b19-8-,28-6+,29-20+. The lowest BCUT2D eigenvalue weighted by atomic mass is 9.99. The quantitative estimate of drug-likeness (QED) is 0.0634. The van der Waals surface area contributed by atoms with Gasteiger partial charge in [-0.2, -0.15) is 4.99 Å². The van der Waals surface area contributed by atoms with Gasteiger partial charge in [0.1, 0.15) is 5.57 Å². The molecule has 0 saturated heterocycles. The third-order valence-electron chi connectivity index (χ3n) is 7.12. The Kier molecular flexibility index (Phi) is 14.2. The van der Waals surface area contributed by atoms with E-state index >= 15 is 0 Å². The van der Waals surface area contributed by atoms with Gasteiger partial charge in [-0.1, -0.05) is 97.2 Å². The number of carbonyl (C=O) groups is 4. The van der Waals surface area contributed by atoms with E-state index in [0.29, 0.717) is 32.9 Å². The number of amidine groups is 1. The summed E-state index contributed by atoms with van der Waals surface area (Å²) in [6.07, 6.45) is 8.01. The van der Waals surface area contributed by atoms with Gasteiger partial charge in [-0.05, 0) is 77.4 Å². The molecule has 258 valence electrons. The molecular weight excluding hydrogens is 769 g/mol. The molecule has 0 aliphatic carbocycles. The first-order valence-corrected chi connectivity index (χ1v) is 17.6. The summed E-state index contributed by atoms with van der Waals surface area (Å²) >= 11 is 3.00. The fourth-order valence-electron chi connectivity index (χ4n) is 4.82. The van der Waals surface area contributed by atoms with Crippen LogP contribution in [0.1, 0.15) is 36.6 Å². The molecule has 0 saturated carbocycles. The minimum Gasteiger partial charge on any atom is -0.490 e. The molecule has 1 aliphatic heterocycles. The molecule has 12 heteroatoms. The zero-order chi connectivity index (χ0) is 36.0. The molecule has 1 aliphatic rings. The van der Waals surface area contributed by atoms with Crippen molar-refractivity contribution in [3.8, 4) is 11.5 Å². The van der Waals surface area contributed by atoms with Gasteiger partial charge in [-0.25, -0.2) is 4.79 Å². The number of amides is 3. The maximum atomic E-state index is 14.1. The third kappa shape index (κ3) is 9.82. The van der Waals surface area contributed by atoms with Crippen LogP contribution in [0.25, 0.3) is 6.08 Å². The zero-order valence-electron chi connectivity index (χ0n) is 27.8. The van der Waals surface area contributed by atoms with Crippen molar-refractivity contribution in [1.29, 1.82) is 0 Å². The number of hydrogen-bond acceptors (Lipinski definition) is 8. The summed E-state index contributed by atoms with van der Waals surface area (Å²) in [5.41, 5.74) is 2.53. The number of benzene rings is 3. The van der Waals surface area contributed by atoms with E-state index in [1.54, 1.807) is 50.3 Å². The van der Waals surface area contributed by atoms with Crippen LogP contribution in [0.3, 0.4) is 0 Å². The fourth-order valence-corrected chi connectivity index (χ4v) is 6.41. The summed E-state index contributed by atoms with van der Waals surface area (Å²) in [5, 5.41) is 3.14. The molecular formula is C38H36IN3O7S. The number of aliphatic imine (C=N–C) groups is 1. The fraction of sp³-hybridized carbons (Fsp3) is 0.184. The van der Waals surface area contributed by atoms with Gasteiger partial charge in [0.25, 0.3) is 11.8 Å². The van der Waals surface area contributed by atoms with Crippen molar-refractivity contribution >= 4 is 69.3 Å². The number of carbonyl (C=O) groups excluding carboxylic acids is 4. The molecule has 10 nitrogen and oxygen atoms in total. The average molecular weight is 806 g/mol. The highest BCUT2D eigenvalue weighted by Gasteiger charge is 2.35. The predicted molar refractivity (Wildman–Crippen MR) is 204 cm³/mol. The molecule has 0 radical (unpaired) electrons. The topological polar surface area (TPSA) is 124 Å². The highest BCUT2D eigenvalue weighted by Crippen LogP contribution is 2.36. The number of esters is 1. The Morgan fingerprint density at radius 2 is 1.70 bits per heavy atom. The van der Waals surface area contributed by atoms with Gasteiger partial charge in [-0.3, -0.25) is 19.3 Å². The number of methoxy groups -OCH3 is 1. The molecule has 1 heterocycles. The second-order valence-electron chi connectivity index (χ2n) is 10.4. The van der Waals surface area contributed by atoms with Crippen LogP contribution in [0.4, 0.5) is 0 Å². The van der Waals surface area contributed by atoms with Crippen LogP contribution in [-0.4, -0.2) is 59.8 Å². The van der Waals surface area contributed by atoms with E-state index in [2.05, 4.69) is 21.6 Å². The van der Waals surface area contributed by atoms with Crippen molar-refractivity contribution < 1.29 is 33.4 Å². The maximum absolute atomic E-state index is 14.1. The van der Waals surface area contributed by atoms with E-state index in [1.807, 2.05) is 83.3 Å². The molecule has 0 atom stereocenters. The summed E-state index contributed by atoms with van der Waals surface area (Å²) in [5.74, 6) is -1.73. The van der Waals surface area contributed by atoms with Gasteiger partial charge in [-0.15, -0.1) is 0 Å². The summed E-state index contributed by atoms with van der Waals surface area (Å²) in [4.78, 5) is 58.3. The van der Waals surface area contributed by atoms with Crippen LogP contribution < -0.4 is 14.8 Å². The van der Waals surface area contributed by atoms with E-state index in [0.717, 1.165) is 22.9 Å². The Morgan fingerprint density at radius 1 is 1.04 bits per heavy atom. The number of nitrogens with one attached hydrogen (secondary N) is 1. The summed E-state index contributed by atoms with van der Waals surface area (Å²) in [7, 11) is 1.26. The Labute approximate surface area is 309 Å². The molecule has 0 spiro atoms. The van der Waals surface area contributed by atoms with Gasteiger partial charge < -0.3 is 19.5 Å². The maximum Gasteiger partial charge on any atom is 0.343 e. The lowest BCUT2D eigenvalue weighted by Gasteiger charge is -2.28. The van der Waals surface area contributed by atoms with E-state index in [-0.39, 0.29) is 29.0 Å². The van der Waals surface area contributed by atoms with Crippen LogP contribution in [0.2, 0.25) is 0 Å². The zero-order valence-corrected chi connectivity index (χ0v) is 30.7. The van der Waals surface area contributed by atoms with Crippen LogP contribution in [-0.2, 0) is 23.9 Å². The highest BCUT2D eigenvalue weighted by molar-refractivity contribution is 14.1. The first kappa shape index (κ1) is 37.9. The first-order chi connectivity index (χ1) is 24.2. The van der Waals surface area contributed by atoms with Crippen molar-refractivity contribution in [3.63, 3.8) is 0 Å². The molecule has 4 rings (SSSR count). The number of hydrogen-bond donors (Lipinski definition) is 1. The van der Waals surface area contributed by atoms with Crippen LogP contribution in [0.15, 0.2) is 120 Å². The van der Waals surface area contributed by atoms with Gasteiger partial charge in [0.15, 0.2) is 23.3 Å². The average Bonchev–Trinajstić information content (AvgIpc) is 3.12. The van der Waals surface area contributed by atoms with Gasteiger partial charge in [0.05, 0.1) is 29.1 Å². The Bertz CT molecular complexity index is 1820. The van der Waals surface area contributed by atoms with Crippen LogP contribution >= 0.6 is 34.4 Å². The largest absolute Gasteiger partial charge is 0.490 e. The molecule has 0 fully saturated rings. The van der Waals surface area contributed by atoms with Gasteiger partial charge in [0.2, 0.25) is 5.91 Å². The number of allylic oxidation sites excluding steroid dienone is 4. The van der Waals surface area contributed by atoms with Crippen molar-refractivity contribution in [3.05, 3.63) is 135 Å². The molecule has 3 amide bonds. The minimum atomic E-state index is -0.761. The Hall–Kier alpha value is -4.95. The van der Waals surface area contributed by atoms with E-state index in [1.165, 1.54) is 18.1 Å². The molecule has 50 heavy (non-hydrogen) atoms. The van der Waals surface area contributed by atoms with Crippen molar-refractivity contribution in [2.45, 2.75) is 19.9 Å². The van der Waals surface area contributed by atoms with Gasteiger partial charge in [0, 0.05) is 5.70 Å². The van der Waals surface area contributed by atoms with E-state index < -0.39 is 23.8 Å². The lowest BCUT2D eigenvalue weighted by molar-refractivity contribution is -0.143. The van der Waals surface area contributed by atoms with Crippen LogP contribution in [0.5, 0.6) is 11.5 Å². The molecule has 1 N–H and O–H groups in total. The van der Waals surface area contributed by atoms with Gasteiger partial charge >= 0.3 is 5.97 Å². The van der Waals surface area contributed by atoms with E-state index in [4.69, 9.17) is 9.47 Å². The number of nitrogens with zero attached hydrogens (tertiary/aromatic N) is 2. The number of rotatable bonds is 14. The monoisotopic (exact) mass is 805 g/mol. The normalized spacial score (nSPS) is 14.2. The first-order valence-electron chi connectivity index (χ1n) is 15.5. The lowest BCUT2D eigenvalue weighted by Crippen LogP contribution is -2.42. The molecule has 0 unspecified atom stereocenters. The smallest absolute Gasteiger partial charge is 0.343 e. The molecule has 0 bridgehead atoms. The van der Waals surface area contributed by atoms with E-state index in [9.17, 15) is 19.2 Å². The SMILES string of the molecule is C=C/C=C\C(=C/C)N1C(=O)/C(=C/c2cc(I)c(OCC(=O)OC)c(OCC)c2)C(=O)N=C1SCC(=O)NC(c1ccccc1)c1ccccc1. The summed E-state index contributed by atoms with van der Waals surface area (Å²) in [6, 6.07) is 22.1. The second kappa shape index (κ2) is 18.7. The summed E-state index contributed by atoms with van der Waals surface area (Å²) < 4.78 is 16.6. The number of ether oxygens (including phenoxy) is 3. The number of thioether (sulfide) groups is 1. The van der Waals surface area contributed by atoms with Crippen molar-refractivity contribution in [2.24, 2.45) is 4.99 Å². The third-order valence-corrected chi connectivity index (χ3v) is 8.86. The predicted octanol–water partition coefficient (Wildman–Crippen LogP) is 6.63. The second-order valence-corrected chi connectivity index (χ2v) is 12.5. The molecule has 0 aromatic heterocycles. The minimum absolute atomic E-state index is 0.0567. The Morgan fingerprint density at radius 3 is 2.28 bits per heavy atom. The molecule has 3 aromatic carbocycles. The van der Waals surface area contributed by atoms with Crippen LogP contribution in [0, 0.1) is 3.57 Å². The van der Waals surface area contributed by atoms with Crippen molar-refractivity contribution in [2.75, 3.05) is 26.1 Å². The van der Waals surface area contributed by atoms with Crippen molar-refractivity contribution in [1.82, 2.24) is 10.2 Å². The highest BCUT2D eigenvalue weighted by atomic mass is 127. The summed E-state index contributed by atoms with van der Waals surface area (Å²) in [6.45, 7) is 7.23. The molecule has 3 aromatic rings. The Balaban J connectivity index is 1.65.